The fraction of sp³-hybridized carbons (Fsp3) is 0.917. The molecule has 1 aliphatic heterocycles. The lowest BCUT2D eigenvalue weighted by Gasteiger charge is -2.41. The molecular weight excluding hydrogens is 202 g/mol. The Kier molecular flexibility index (Phi) is 3.69. The Balaban J connectivity index is 1.70. The first-order valence-corrected chi connectivity index (χ1v) is 6.24. The van der Waals surface area contributed by atoms with Crippen molar-refractivity contribution in [3.63, 3.8) is 0 Å². The van der Waals surface area contributed by atoms with Crippen LogP contribution in [0.1, 0.15) is 25.7 Å². The molecule has 2 aliphatic rings. The standard InChI is InChI=1S/C12H23N3O/c1-15-9-8-14-11(15)13-7-6-12(10-16-2)4-3-5-12/h3-10H2,1-2H3,(H,13,14). The van der Waals surface area contributed by atoms with Gasteiger partial charge in [0.1, 0.15) is 0 Å². The highest BCUT2D eigenvalue weighted by Gasteiger charge is 2.36. The normalized spacial score (nSPS) is 22.9. The monoisotopic (exact) mass is 225 g/mol. The molecule has 0 aromatic carbocycles. The first-order chi connectivity index (χ1) is 7.76. The van der Waals surface area contributed by atoms with Crippen molar-refractivity contribution in [1.29, 1.82) is 0 Å². The molecule has 1 fully saturated rings. The van der Waals surface area contributed by atoms with E-state index in [2.05, 4.69) is 22.3 Å². The molecule has 0 unspecified atom stereocenters. The van der Waals surface area contributed by atoms with Gasteiger partial charge in [-0.1, -0.05) is 6.42 Å². The quantitative estimate of drug-likeness (QED) is 0.761. The highest BCUT2D eigenvalue weighted by Crippen LogP contribution is 2.43. The number of hydrogen-bond donors (Lipinski definition) is 1. The predicted octanol–water partition coefficient (Wildman–Crippen LogP) is 1.08. The number of nitrogens with zero attached hydrogens (tertiary/aromatic N) is 2. The predicted molar refractivity (Wildman–Crippen MR) is 65.7 cm³/mol. The number of likely N-dealkylation sites (N-methyl/N-ethyl adjacent to an activating group) is 1. The third-order valence-electron chi connectivity index (χ3n) is 3.86. The van der Waals surface area contributed by atoms with Crippen LogP contribution >= 0.6 is 0 Å². The van der Waals surface area contributed by atoms with Crippen molar-refractivity contribution in [2.24, 2.45) is 10.4 Å². The second kappa shape index (κ2) is 5.04. The van der Waals surface area contributed by atoms with Crippen LogP contribution in [0.3, 0.4) is 0 Å². The van der Waals surface area contributed by atoms with Gasteiger partial charge in [-0.05, 0) is 24.7 Å². The molecule has 1 saturated carbocycles. The van der Waals surface area contributed by atoms with Crippen molar-refractivity contribution >= 4 is 5.96 Å². The first kappa shape index (κ1) is 11.7. The maximum absolute atomic E-state index is 5.32. The Bertz CT molecular complexity index is 261. The molecule has 4 nitrogen and oxygen atoms in total. The summed E-state index contributed by atoms with van der Waals surface area (Å²) in [5.41, 5.74) is 0.458. The van der Waals surface area contributed by atoms with Crippen molar-refractivity contribution in [3.05, 3.63) is 0 Å². The summed E-state index contributed by atoms with van der Waals surface area (Å²) >= 11 is 0. The van der Waals surface area contributed by atoms with E-state index in [1.165, 1.54) is 25.7 Å². The molecule has 0 radical (unpaired) electrons. The van der Waals surface area contributed by atoms with E-state index < -0.39 is 0 Å². The summed E-state index contributed by atoms with van der Waals surface area (Å²) < 4.78 is 5.32. The van der Waals surface area contributed by atoms with Gasteiger partial charge in [0.25, 0.3) is 0 Å². The number of methoxy groups -OCH3 is 1. The lowest BCUT2D eigenvalue weighted by Crippen LogP contribution is -2.41. The number of hydrogen-bond acceptors (Lipinski definition) is 4. The van der Waals surface area contributed by atoms with Crippen molar-refractivity contribution in [1.82, 2.24) is 10.2 Å². The van der Waals surface area contributed by atoms with E-state index in [1.54, 1.807) is 0 Å². The number of aliphatic imine (C=N–C) groups is 1. The summed E-state index contributed by atoms with van der Waals surface area (Å²) in [6, 6.07) is 0. The molecule has 2 rings (SSSR count). The summed E-state index contributed by atoms with van der Waals surface area (Å²) in [6.07, 6.45) is 5.22. The summed E-state index contributed by atoms with van der Waals surface area (Å²) in [7, 11) is 3.90. The van der Waals surface area contributed by atoms with Gasteiger partial charge < -0.3 is 15.0 Å². The van der Waals surface area contributed by atoms with Crippen molar-refractivity contribution in [3.8, 4) is 0 Å². The molecule has 0 aromatic heterocycles. The summed E-state index contributed by atoms with van der Waals surface area (Å²) in [4.78, 5) is 6.61. The van der Waals surface area contributed by atoms with Gasteiger partial charge >= 0.3 is 0 Å². The topological polar surface area (TPSA) is 36.9 Å². The summed E-state index contributed by atoms with van der Waals surface area (Å²) in [5, 5.41) is 3.43. The highest BCUT2D eigenvalue weighted by molar-refractivity contribution is 5.81. The van der Waals surface area contributed by atoms with Gasteiger partial charge in [0.05, 0.1) is 13.2 Å². The Morgan fingerprint density at radius 3 is 2.81 bits per heavy atom. The smallest absolute Gasteiger partial charge is 0.193 e. The Morgan fingerprint density at radius 1 is 1.50 bits per heavy atom. The zero-order valence-electron chi connectivity index (χ0n) is 10.5. The third-order valence-corrected chi connectivity index (χ3v) is 3.86. The molecule has 0 amide bonds. The molecule has 16 heavy (non-hydrogen) atoms. The van der Waals surface area contributed by atoms with Crippen LogP contribution < -0.4 is 5.32 Å². The summed E-state index contributed by atoms with van der Waals surface area (Å²) in [6.45, 7) is 3.91. The van der Waals surface area contributed by atoms with Crippen LogP contribution in [0.15, 0.2) is 4.99 Å². The van der Waals surface area contributed by atoms with Gasteiger partial charge in [-0.25, -0.2) is 0 Å². The molecule has 0 atom stereocenters. The molecule has 0 spiro atoms. The Labute approximate surface area is 98.1 Å². The van der Waals surface area contributed by atoms with E-state index in [4.69, 9.17) is 4.74 Å². The second-order valence-electron chi connectivity index (χ2n) is 5.09. The minimum Gasteiger partial charge on any atom is -0.384 e. The molecule has 1 heterocycles. The molecule has 92 valence electrons. The van der Waals surface area contributed by atoms with Crippen LogP contribution in [0.5, 0.6) is 0 Å². The molecule has 0 saturated heterocycles. The van der Waals surface area contributed by atoms with E-state index in [1.807, 2.05) is 7.11 Å². The number of guanidine groups is 1. The van der Waals surface area contributed by atoms with Gasteiger partial charge in [0.2, 0.25) is 0 Å². The zero-order chi connectivity index (χ0) is 11.4. The van der Waals surface area contributed by atoms with Crippen LogP contribution in [0.2, 0.25) is 0 Å². The van der Waals surface area contributed by atoms with Gasteiger partial charge in [-0.2, -0.15) is 0 Å². The van der Waals surface area contributed by atoms with Crippen molar-refractivity contribution in [2.75, 3.05) is 40.4 Å². The zero-order valence-corrected chi connectivity index (χ0v) is 10.5. The fourth-order valence-electron chi connectivity index (χ4n) is 2.61. The maximum Gasteiger partial charge on any atom is 0.193 e. The lowest BCUT2D eigenvalue weighted by atomic mass is 9.67. The molecule has 1 aliphatic carbocycles. The lowest BCUT2D eigenvalue weighted by molar-refractivity contribution is 0.0115. The van der Waals surface area contributed by atoms with Crippen LogP contribution in [0.25, 0.3) is 0 Å². The number of ether oxygens (including phenoxy) is 1. The fourth-order valence-corrected chi connectivity index (χ4v) is 2.61. The van der Waals surface area contributed by atoms with Gasteiger partial charge in [-0.15, -0.1) is 0 Å². The van der Waals surface area contributed by atoms with Gasteiger partial charge in [0, 0.05) is 27.2 Å². The van der Waals surface area contributed by atoms with E-state index in [9.17, 15) is 0 Å². The molecule has 1 N–H and O–H groups in total. The van der Waals surface area contributed by atoms with E-state index in [0.29, 0.717) is 5.41 Å². The van der Waals surface area contributed by atoms with E-state index >= 15 is 0 Å². The number of nitrogens with one attached hydrogen (secondary N) is 1. The van der Waals surface area contributed by atoms with Crippen molar-refractivity contribution < 1.29 is 4.74 Å². The SMILES string of the molecule is COCC1(CCNC2=NCCN2C)CCC1. The summed E-state index contributed by atoms with van der Waals surface area (Å²) in [5.74, 6) is 1.06. The van der Waals surface area contributed by atoms with Crippen LogP contribution in [0, 0.1) is 5.41 Å². The third kappa shape index (κ3) is 2.48. The van der Waals surface area contributed by atoms with Crippen LogP contribution in [-0.2, 0) is 4.74 Å². The largest absolute Gasteiger partial charge is 0.384 e. The van der Waals surface area contributed by atoms with Gasteiger partial charge in [-0.3, -0.25) is 4.99 Å². The Morgan fingerprint density at radius 2 is 2.31 bits per heavy atom. The van der Waals surface area contributed by atoms with Gasteiger partial charge in [0.15, 0.2) is 5.96 Å². The molecule has 0 bridgehead atoms. The first-order valence-electron chi connectivity index (χ1n) is 6.24. The minimum absolute atomic E-state index is 0.458. The Hall–Kier alpha value is -0.770. The van der Waals surface area contributed by atoms with Crippen molar-refractivity contribution in [2.45, 2.75) is 25.7 Å². The molecule has 4 heteroatoms. The van der Waals surface area contributed by atoms with Crippen LogP contribution in [0.4, 0.5) is 0 Å². The highest BCUT2D eigenvalue weighted by atomic mass is 16.5. The number of rotatable bonds is 5. The van der Waals surface area contributed by atoms with E-state index in [-0.39, 0.29) is 0 Å². The molecular formula is C12H23N3O. The van der Waals surface area contributed by atoms with E-state index in [0.717, 1.165) is 32.2 Å². The average Bonchev–Trinajstić information content (AvgIpc) is 2.61. The average molecular weight is 225 g/mol. The molecule has 0 aromatic rings. The second-order valence-corrected chi connectivity index (χ2v) is 5.09. The van der Waals surface area contributed by atoms with Crippen LogP contribution in [-0.4, -0.2) is 51.3 Å². The minimum atomic E-state index is 0.458. The maximum atomic E-state index is 5.32.